The first-order valence-electron chi connectivity index (χ1n) is 16.7. The summed E-state index contributed by atoms with van der Waals surface area (Å²) in [6.07, 6.45) is -0.944. The number of phosphoric acid groups is 1. The molecule has 23 nitrogen and oxygen atoms in total. The number of carbonyl (C=O) groups excluding carboxylic acids is 1. The van der Waals surface area contributed by atoms with Gasteiger partial charge in [-0.15, -0.1) is 0 Å². The van der Waals surface area contributed by atoms with Crippen molar-refractivity contribution in [3.8, 4) is 5.75 Å². The fraction of sp³-hybridized carbons (Fsp3) is 0.483. The Hall–Kier alpha value is -3.61. The third-order valence-electron chi connectivity index (χ3n) is 7.17. The van der Waals surface area contributed by atoms with Crippen LogP contribution in [0.15, 0.2) is 60.3 Å². The van der Waals surface area contributed by atoms with E-state index in [4.69, 9.17) is 45.4 Å². The zero-order valence-electron chi connectivity index (χ0n) is 31.5. The smallest absolute Gasteiger partial charge is 0.465 e. The summed E-state index contributed by atoms with van der Waals surface area (Å²) in [4.78, 5) is 80.0. The third kappa shape index (κ3) is 13.5. The molecule has 4 heterocycles. The van der Waals surface area contributed by atoms with Crippen molar-refractivity contribution in [3.63, 3.8) is 0 Å². The number of carbonyl (C=O) groups is 1. The summed E-state index contributed by atoms with van der Waals surface area (Å²) in [5, 5.41) is 2.55. The molecule has 2 aliphatic rings. The molecule has 2 fully saturated rings. The van der Waals surface area contributed by atoms with Crippen molar-refractivity contribution in [3.05, 3.63) is 93.9 Å². The highest BCUT2D eigenvalue weighted by Gasteiger charge is 2.36. The molecule has 2 saturated heterocycles. The van der Waals surface area contributed by atoms with E-state index in [2.05, 4.69) is 41.0 Å². The lowest BCUT2D eigenvalue weighted by Gasteiger charge is -2.23. The second-order valence-electron chi connectivity index (χ2n) is 11.4. The fourth-order valence-corrected chi connectivity index (χ4v) is 6.61. The van der Waals surface area contributed by atoms with Gasteiger partial charge < -0.3 is 43.5 Å². The lowest BCUT2D eigenvalue weighted by atomic mass is 10.3. The Kier molecular flexibility index (Phi) is 15.5. The molecule has 0 spiro atoms. The molecule has 1 aromatic carbocycles. The summed E-state index contributed by atoms with van der Waals surface area (Å²) >= 11 is 3.31. The molecule has 0 radical (unpaired) electrons. The van der Waals surface area contributed by atoms with Gasteiger partial charge in [-0.2, -0.15) is 5.09 Å². The van der Waals surface area contributed by atoms with Gasteiger partial charge in [-0.05, 0) is 52.0 Å². The van der Waals surface area contributed by atoms with E-state index in [0.29, 0.717) is 11.1 Å². The van der Waals surface area contributed by atoms with Crippen molar-refractivity contribution >= 4 is 37.5 Å². The van der Waals surface area contributed by atoms with Gasteiger partial charge in [0, 0.05) is 28.0 Å². The molecule has 0 saturated carbocycles. The van der Waals surface area contributed by atoms with Crippen LogP contribution in [-0.4, -0.2) is 94.9 Å². The van der Waals surface area contributed by atoms with Gasteiger partial charge in [0.2, 0.25) is 2.86 Å². The molecular weight excluding hydrogens is 848 g/mol. The molecular formula is C29H40BrN5O18P2. The average molecular weight is 892 g/mol. The largest absolute Gasteiger partial charge is 0.469 e. The minimum atomic E-state index is -4.61. The van der Waals surface area contributed by atoms with E-state index in [9.17, 15) is 33.1 Å². The monoisotopic (exact) mass is 890 g/mol. The Bertz CT molecular complexity index is 2130. The Morgan fingerprint density at radius 2 is 1.47 bits per heavy atom. The first kappa shape index (κ1) is 42.5. The number of hydrogen-bond acceptors (Lipinski definition) is 15. The molecule has 0 aliphatic carbocycles. The summed E-state index contributed by atoms with van der Waals surface area (Å²) < 4.78 is 79.6. The zero-order valence-corrected chi connectivity index (χ0v) is 32.9. The number of aryl methyl sites for hydroxylation is 2. The number of halogens is 1. The minimum absolute atomic E-state index is 0.00997. The molecule has 6 atom stereocenters. The highest BCUT2D eigenvalue weighted by molar-refractivity contribution is 9.10. The van der Waals surface area contributed by atoms with Crippen LogP contribution < -0.4 is 32.1 Å². The van der Waals surface area contributed by atoms with Crippen LogP contribution in [0.25, 0.3) is 0 Å². The van der Waals surface area contributed by atoms with Gasteiger partial charge in [-0.25, -0.2) is 18.7 Å². The topological polar surface area (TPSA) is 319 Å². The molecule has 7 N–H and O–H groups in total. The van der Waals surface area contributed by atoms with E-state index in [-0.39, 0.29) is 32.2 Å². The summed E-state index contributed by atoms with van der Waals surface area (Å²) in [6, 6.07) is 5.51. The molecule has 2 aromatic heterocycles. The third-order valence-corrected chi connectivity index (χ3v) is 9.83. The molecule has 0 unspecified atom stereocenters. The van der Waals surface area contributed by atoms with Crippen molar-refractivity contribution in [1.29, 1.82) is 2.86 Å². The number of phosphoric ester groups is 1. The van der Waals surface area contributed by atoms with Crippen LogP contribution in [0.3, 0.4) is 0 Å². The molecule has 0 amide bonds. The van der Waals surface area contributed by atoms with Crippen molar-refractivity contribution < 1.29 is 66.4 Å². The summed E-state index contributed by atoms with van der Waals surface area (Å²) in [7, 11) is -8.71. The zero-order chi connectivity index (χ0) is 42.5. The van der Waals surface area contributed by atoms with E-state index in [1.807, 2.05) is 0 Å². The van der Waals surface area contributed by atoms with Gasteiger partial charge in [0.15, 0.2) is 25.0 Å². The maximum absolute atomic E-state index is 13.5. The summed E-state index contributed by atoms with van der Waals surface area (Å²) in [5.74, 6) is -0.400. The Morgan fingerprint density at radius 3 is 1.93 bits per heavy atom. The number of nitrogens with zero attached hydrogens (tertiary/aromatic N) is 2. The van der Waals surface area contributed by atoms with Gasteiger partial charge in [-0.3, -0.25) is 42.5 Å². The van der Waals surface area contributed by atoms with Crippen LogP contribution in [0.5, 0.6) is 5.75 Å². The first-order chi connectivity index (χ1) is 26.8. The van der Waals surface area contributed by atoms with Gasteiger partial charge >= 0.3 is 32.9 Å². The van der Waals surface area contributed by atoms with Crippen molar-refractivity contribution in [2.24, 2.45) is 0 Å². The molecule has 2 aliphatic heterocycles. The fourth-order valence-electron chi connectivity index (χ4n) is 4.55. The second-order valence-corrected chi connectivity index (χ2v) is 15.2. The number of nitrogens with one attached hydrogen (secondary N) is 3. The van der Waals surface area contributed by atoms with E-state index >= 15 is 0 Å². The number of aromatic amines is 2. The molecule has 3 aromatic rings. The molecule has 55 heavy (non-hydrogen) atoms. The van der Waals surface area contributed by atoms with Crippen LogP contribution in [-0.2, 0) is 46.7 Å². The van der Waals surface area contributed by atoms with Crippen LogP contribution in [0.4, 0.5) is 0 Å². The average Bonchev–Trinajstić information content (AvgIpc) is 3.81. The Balaban J connectivity index is 0.000000320. The summed E-state index contributed by atoms with van der Waals surface area (Å²) in [5.41, 5.74) is 1.10. The maximum atomic E-state index is 13.5. The van der Waals surface area contributed by atoms with Crippen molar-refractivity contribution in [2.45, 2.75) is 58.8 Å². The van der Waals surface area contributed by atoms with E-state index in [1.165, 1.54) is 30.8 Å². The van der Waals surface area contributed by atoms with E-state index < -0.39 is 81.7 Å². The SMILES string of the molecule is CCOC(=O)[C@H](C)N[P@](=O)(OC[C@@H]1OC[C@H](n2cc(C)c(=O)[nH]c2=O)O1)Oc1ccc(Br)cc1.Cc1cn([C@H]2CO[C@@H](COP(=O)(O)O)O2)c(=O)[nH]c1=O.[2H]O[3H]. The van der Waals surface area contributed by atoms with Crippen LogP contribution >= 0.6 is 31.5 Å². The molecule has 5 rings (SSSR count). The van der Waals surface area contributed by atoms with E-state index in [1.54, 1.807) is 38.1 Å². The van der Waals surface area contributed by atoms with Gasteiger partial charge in [-0.1, -0.05) is 15.9 Å². The normalized spacial score (nSPS) is 21.4. The Morgan fingerprint density at radius 1 is 1.00 bits per heavy atom. The van der Waals surface area contributed by atoms with E-state index in [0.717, 1.165) is 9.04 Å². The van der Waals surface area contributed by atoms with Gasteiger partial charge in [0.05, 0.1) is 19.8 Å². The number of H-pyrrole nitrogens is 2. The lowest BCUT2D eigenvalue weighted by Crippen LogP contribution is -2.36. The van der Waals surface area contributed by atoms with Gasteiger partial charge in [0.25, 0.3) is 11.1 Å². The highest BCUT2D eigenvalue weighted by atomic mass is 79.9. The number of aromatic nitrogens is 4. The van der Waals surface area contributed by atoms with Crippen LogP contribution in [0.1, 0.15) is 37.4 Å². The van der Waals surface area contributed by atoms with Crippen molar-refractivity contribution in [1.82, 2.24) is 24.2 Å². The van der Waals surface area contributed by atoms with Gasteiger partial charge in [0.1, 0.15) is 25.0 Å². The van der Waals surface area contributed by atoms with Crippen molar-refractivity contribution in [2.75, 3.05) is 33.0 Å². The number of ether oxygens (including phenoxy) is 5. The number of rotatable bonds is 14. The number of benzene rings is 1. The summed E-state index contributed by atoms with van der Waals surface area (Å²) in [6.45, 7) is 5.50. The predicted octanol–water partition coefficient (Wildman–Crippen LogP) is 0.225. The molecule has 0 bridgehead atoms. The molecule has 306 valence electrons. The van der Waals surface area contributed by atoms with Crippen LogP contribution in [0.2, 0.25) is 0 Å². The first-order valence-corrected chi connectivity index (χ1v) is 19.8. The highest BCUT2D eigenvalue weighted by Crippen LogP contribution is 2.45. The number of hydrogen-bond donors (Lipinski definition) is 5. The predicted molar refractivity (Wildman–Crippen MR) is 191 cm³/mol. The quantitative estimate of drug-likeness (QED) is 0.107. The Labute approximate surface area is 322 Å². The minimum Gasteiger partial charge on any atom is -0.465 e. The molecule has 26 heteroatoms. The number of esters is 1. The standard InChI is InChI=1S/C20H25BrN3O9P.C9H13N2O8P.H2O/c1-4-29-19(26)13(3)23-34(28,33-15-7-5-14(21)6-8-15)31-11-17-30-10-16(32-17)24-9-12(2)18(25)22-20(24)27;1-5-2-11(9(13)10-8(5)12)6-3-17-7(19-6)4-18-20(14,15)16;/h5-9,13,16-17H,4,10-11H2,1-3H3,(H,23,28)(H,22,25,27);2,6-7H,3-4H2,1H3,(H,10,12,13)(H2,14,15,16);1H2/t13-,16+,17+,34-;6-,7-;/m01./s1/i/hTD. The maximum Gasteiger partial charge on any atom is 0.469 e. The lowest BCUT2D eigenvalue weighted by molar-refractivity contribution is -0.144. The van der Waals surface area contributed by atoms with Crippen LogP contribution in [0, 0.1) is 13.8 Å². The second kappa shape index (κ2) is 20.0.